The van der Waals surface area contributed by atoms with Crippen LogP contribution in [0.3, 0.4) is 0 Å². The molecule has 2 fully saturated rings. The van der Waals surface area contributed by atoms with Gasteiger partial charge in [-0.15, -0.1) is 0 Å². The second-order valence-corrected chi connectivity index (χ2v) is 2.68. The monoisotopic (exact) mass is 114 g/mol. The average Bonchev–Trinajstić information content (AvgIpc) is 2.23. The molecule has 2 aliphatic rings. The minimum Gasteiger partial charge on any atom is -0.390 e. The van der Waals surface area contributed by atoms with E-state index in [0.29, 0.717) is 6.10 Å². The van der Waals surface area contributed by atoms with E-state index in [2.05, 4.69) is 0 Å². The highest BCUT2D eigenvalue weighted by atomic mass is 16.5. The predicted octanol–water partition coefficient (Wildman–Crippen LogP) is 0.299. The van der Waals surface area contributed by atoms with Crippen LogP contribution in [-0.4, -0.2) is 23.4 Å². The van der Waals surface area contributed by atoms with Crippen LogP contribution in [0.5, 0.6) is 0 Å². The summed E-state index contributed by atoms with van der Waals surface area (Å²) >= 11 is 0. The summed E-state index contributed by atoms with van der Waals surface area (Å²) in [7, 11) is 0. The zero-order valence-electron chi connectivity index (χ0n) is 4.71. The Morgan fingerprint density at radius 2 is 2.25 bits per heavy atom. The van der Waals surface area contributed by atoms with E-state index in [9.17, 15) is 0 Å². The second kappa shape index (κ2) is 1.45. The van der Waals surface area contributed by atoms with Crippen LogP contribution in [0.25, 0.3) is 0 Å². The van der Waals surface area contributed by atoms with Gasteiger partial charge in [-0.05, 0) is 12.8 Å². The lowest BCUT2D eigenvalue weighted by Gasteiger charge is -2.10. The summed E-state index contributed by atoms with van der Waals surface area (Å²) in [6.07, 6.45) is 3.57. The van der Waals surface area contributed by atoms with E-state index < -0.39 is 0 Å². The van der Waals surface area contributed by atoms with Crippen molar-refractivity contribution in [3.63, 3.8) is 0 Å². The lowest BCUT2D eigenvalue weighted by atomic mass is 9.98. The Kier molecular flexibility index (Phi) is 0.866. The van der Waals surface area contributed by atoms with E-state index in [-0.39, 0.29) is 12.2 Å². The summed E-state index contributed by atoms with van der Waals surface area (Å²) in [5, 5.41) is 9.09. The maximum atomic E-state index is 9.09. The fourth-order valence-electron chi connectivity index (χ4n) is 1.61. The first-order valence-corrected chi connectivity index (χ1v) is 3.20. The highest BCUT2D eigenvalue weighted by Gasteiger charge is 2.39. The first-order chi connectivity index (χ1) is 3.86. The third kappa shape index (κ3) is 0.501. The number of hydrogen-bond donors (Lipinski definition) is 1. The molecule has 0 radical (unpaired) electrons. The highest BCUT2D eigenvalue weighted by Crippen LogP contribution is 2.33. The summed E-state index contributed by atoms with van der Waals surface area (Å²) in [5.41, 5.74) is 0. The van der Waals surface area contributed by atoms with Gasteiger partial charge in [0.25, 0.3) is 0 Å². The second-order valence-electron chi connectivity index (χ2n) is 2.68. The molecule has 0 saturated carbocycles. The maximum absolute atomic E-state index is 9.09. The Hall–Kier alpha value is -0.0800. The third-order valence-electron chi connectivity index (χ3n) is 2.07. The molecule has 1 N–H and O–H groups in total. The zero-order chi connectivity index (χ0) is 5.56. The van der Waals surface area contributed by atoms with Crippen LogP contribution in [0.2, 0.25) is 0 Å². The van der Waals surface area contributed by atoms with Gasteiger partial charge in [0.2, 0.25) is 0 Å². The van der Waals surface area contributed by atoms with Gasteiger partial charge in [-0.2, -0.15) is 0 Å². The summed E-state index contributed by atoms with van der Waals surface area (Å²) in [6, 6.07) is 0. The van der Waals surface area contributed by atoms with Crippen molar-refractivity contribution in [2.45, 2.75) is 37.6 Å². The molecule has 3 atom stereocenters. The topological polar surface area (TPSA) is 29.5 Å². The average molecular weight is 114 g/mol. The minimum atomic E-state index is -0.145. The van der Waals surface area contributed by atoms with Crippen molar-refractivity contribution < 1.29 is 9.84 Å². The maximum Gasteiger partial charge on any atom is 0.0839 e. The Morgan fingerprint density at radius 1 is 1.38 bits per heavy atom. The molecule has 46 valence electrons. The Labute approximate surface area is 48.5 Å². The van der Waals surface area contributed by atoms with Crippen LogP contribution in [0.4, 0.5) is 0 Å². The molecule has 2 heteroatoms. The highest BCUT2D eigenvalue weighted by molar-refractivity contribution is 4.88. The quantitative estimate of drug-likeness (QED) is 0.490. The summed E-state index contributed by atoms with van der Waals surface area (Å²) < 4.78 is 5.33. The third-order valence-corrected chi connectivity index (χ3v) is 2.07. The molecule has 2 aliphatic heterocycles. The lowest BCUT2D eigenvalue weighted by Crippen LogP contribution is -2.20. The van der Waals surface area contributed by atoms with Gasteiger partial charge < -0.3 is 9.84 Å². The molecular weight excluding hydrogens is 104 g/mol. The van der Waals surface area contributed by atoms with Gasteiger partial charge >= 0.3 is 0 Å². The normalized spacial score (nSPS) is 52.9. The van der Waals surface area contributed by atoms with Gasteiger partial charge in [-0.3, -0.25) is 0 Å². The van der Waals surface area contributed by atoms with E-state index in [1.165, 1.54) is 6.42 Å². The van der Waals surface area contributed by atoms with Gasteiger partial charge in [0.1, 0.15) is 0 Å². The molecule has 3 unspecified atom stereocenters. The molecule has 2 nitrogen and oxygen atoms in total. The predicted molar refractivity (Wildman–Crippen MR) is 28.5 cm³/mol. The fourth-order valence-corrected chi connectivity index (χ4v) is 1.61. The van der Waals surface area contributed by atoms with Crippen molar-refractivity contribution in [1.29, 1.82) is 0 Å². The van der Waals surface area contributed by atoms with Crippen LogP contribution in [-0.2, 0) is 4.74 Å². The SMILES string of the molecule is OC1CC2CCC1O2. The van der Waals surface area contributed by atoms with Crippen molar-refractivity contribution >= 4 is 0 Å². The van der Waals surface area contributed by atoms with Crippen LogP contribution >= 0.6 is 0 Å². The lowest BCUT2D eigenvalue weighted by molar-refractivity contribution is 0.0536. The molecule has 0 aromatic heterocycles. The first-order valence-electron chi connectivity index (χ1n) is 3.20. The van der Waals surface area contributed by atoms with E-state index >= 15 is 0 Å². The number of ether oxygens (including phenoxy) is 1. The molecule has 2 heterocycles. The minimum absolute atomic E-state index is 0.145. The van der Waals surface area contributed by atoms with Crippen molar-refractivity contribution in [3.05, 3.63) is 0 Å². The summed E-state index contributed by atoms with van der Waals surface area (Å²) in [6.45, 7) is 0. The molecule has 0 aliphatic carbocycles. The molecule has 0 amide bonds. The van der Waals surface area contributed by atoms with E-state index in [0.717, 1.165) is 12.8 Å². The zero-order valence-corrected chi connectivity index (χ0v) is 4.71. The van der Waals surface area contributed by atoms with Crippen molar-refractivity contribution in [1.82, 2.24) is 0 Å². The van der Waals surface area contributed by atoms with Crippen LogP contribution in [0, 0.1) is 0 Å². The van der Waals surface area contributed by atoms with E-state index in [1.807, 2.05) is 0 Å². The van der Waals surface area contributed by atoms with E-state index in [4.69, 9.17) is 9.84 Å². The molecule has 2 saturated heterocycles. The smallest absolute Gasteiger partial charge is 0.0839 e. The largest absolute Gasteiger partial charge is 0.390 e. The molecule has 0 spiro atoms. The molecule has 2 rings (SSSR count). The van der Waals surface area contributed by atoms with Gasteiger partial charge in [-0.1, -0.05) is 0 Å². The standard InChI is InChI=1S/C6H10O2/c7-5-3-4-1-2-6(5)8-4/h4-7H,1-3H2. The summed E-state index contributed by atoms with van der Waals surface area (Å²) in [4.78, 5) is 0. The van der Waals surface area contributed by atoms with Crippen molar-refractivity contribution in [2.24, 2.45) is 0 Å². The van der Waals surface area contributed by atoms with Gasteiger partial charge in [0, 0.05) is 6.42 Å². The fraction of sp³-hybridized carbons (Fsp3) is 1.00. The number of aliphatic hydroxyl groups is 1. The summed E-state index contributed by atoms with van der Waals surface area (Å²) in [5.74, 6) is 0. The number of aliphatic hydroxyl groups excluding tert-OH is 1. The molecular formula is C6H10O2. The van der Waals surface area contributed by atoms with Gasteiger partial charge in [-0.25, -0.2) is 0 Å². The Morgan fingerprint density at radius 3 is 2.50 bits per heavy atom. The molecule has 0 aromatic carbocycles. The first kappa shape index (κ1) is 4.77. The molecule has 8 heavy (non-hydrogen) atoms. The van der Waals surface area contributed by atoms with Crippen LogP contribution in [0.1, 0.15) is 19.3 Å². The number of rotatable bonds is 0. The Balaban J connectivity index is 2.11. The molecule has 0 aromatic rings. The van der Waals surface area contributed by atoms with Crippen molar-refractivity contribution in [2.75, 3.05) is 0 Å². The molecule has 2 bridgehead atoms. The van der Waals surface area contributed by atoms with Gasteiger partial charge in [0.05, 0.1) is 18.3 Å². The van der Waals surface area contributed by atoms with E-state index in [1.54, 1.807) is 0 Å². The van der Waals surface area contributed by atoms with Crippen LogP contribution in [0.15, 0.2) is 0 Å². The number of hydrogen-bond acceptors (Lipinski definition) is 2. The Bertz CT molecular complexity index is 101. The van der Waals surface area contributed by atoms with Crippen LogP contribution < -0.4 is 0 Å². The van der Waals surface area contributed by atoms with Gasteiger partial charge in [0.15, 0.2) is 0 Å². The number of fused-ring (bicyclic) bond motifs is 2. The van der Waals surface area contributed by atoms with Crippen molar-refractivity contribution in [3.8, 4) is 0 Å².